The van der Waals surface area contributed by atoms with Gasteiger partial charge in [0.2, 0.25) is 0 Å². The standard InChI is InChI=1S/C15H15NO/c1-9-8-13(17-3)15-14(10(9)2)11-6-4-5-7-12(11)16-15/h4-8,16H,1-3H3. The molecule has 1 aromatic heterocycles. The number of hydrogen-bond donors (Lipinski definition) is 1. The number of fused-ring (bicyclic) bond motifs is 3. The van der Waals surface area contributed by atoms with Crippen molar-refractivity contribution in [3.8, 4) is 5.75 Å². The molecule has 0 atom stereocenters. The second-order valence-electron chi connectivity index (χ2n) is 4.44. The number of aryl methyl sites for hydroxylation is 2. The van der Waals surface area contributed by atoms with Crippen molar-refractivity contribution in [2.24, 2.45) is 0 Å². The van der Waals surface area contributed by atoms with Gasteiger partial charge in [0, 0.05) is 16.3 Å². The zero-order valence-corrected chi connectivity index (χ0v) is 10.3. The molecule has 3 aromatic rings. The normalized spacial score (nSPS) is 11.2. The molecule has 0 radical (unpaired) electrons. The van der Waals surface area contributed by atoms with Crippen molar-refractivity contribution in [2.75, 3.05) is 7.11 Å². The molecule has 0 aliphatic rings. The first-order valence-electron chi connectivity index (χ1n) is 5.77. The second kappa shape index (κ2) is 3.52. The molecular weight excluding hydrogens is 210 g/mol. The Morgan fingerprint density at radius 3 is 2.65 bits per heavy atom. The van der Waals surface area contributed by atoms with Crippen molar-refractivity contribution in [2.45, 2.75) is 13.8 Å². The van der Waals surface area contributed by atoms with Crippen LogP contribution in [0.4, 0.5) is 0 Å². The summed E-state index contributed by atoms with van der Waals surface area (Å²) in [5, 5.41) is 2.54. The lowest BCUT2D eigenvalue weighted by molar-refractivity contribution is 0.418. The highest BCUT2D eigenvalue weighted by Crippen LogP contribution is 2.35. The molecule has 0 aliphatic carbocycles. The van der Waals surface area contributed by atoms with Crippen LogP contribution in [0.2, 0.25) is 0 Å². The predicted molar refractivity (Wildman–Crippen MR) is 71.8 cm³/mol. The van der Waals surface area contributed by atoms with E-state index >= 15 is 0 Å². The molecule has 1 N–H and O–H groups in total. The van der Waals surface area contributed by atoms with Crippen LogP contribution in [0.3, 0.4) is 0 Å². The minimum Gasteiger partial charge on any atom is -0.495 e. The summed E-state index contributed by atoms with van der Waals surface area (Å²) in [6.07, 6.45) is 0. The molecule has 0 bridgehead atoms. The number of nitrogens with one attached hydrogen (secondary N) is 1. The smallest absolute Gasteiger partial charge is 0.143 e. The van der Waals surface area contributed by atoms with E-state index in [4.69, 9.17) is 4.74 Å². The molecule has 2 nitrogen and oxygen atoms in total. The maximum Gasteiger partial charge on any atom is 0.143 e. The van der Waals surface area contributed by atoms with Gasteiger partial charge in [-0.2, -0.15) is 0 Å². The fourth-order valence-electron chi connectivity index (χ4n) is 2.45. The average molecular weight is 225 g/mol. The lowest BCUT2D eigenvalue weighted by Gasteiger charge is -2.07. The number of benzene rings is 2. The van der Waals surface area contributed by atoms with E-state index in [-0.39, 0.29) is 0 Å². The van der Waals surface area contributed by atoms with Crippen LogP contribution in [0.5, 0.6) is 5.75 Å². The van der Waals surface area contributed by atoms with Gasteiger partial charge in [-0.15, -0.1) is 0 Å². The van der Waals surface area contributed by atoms with Gasteiger partial charge in [0.25, 0.3) is 0 Å². The highest BCUT2D eigenvalue weighted by atomic mass is 16.5. The highest BCUT2D eigenvalue weighted by Gasteiger charge is 2.12. The summed E-state index contributed by atoms with van der Waals surface area (Å²) in [5.74, 6) is 0.916. The van der Waals surface area contributed by atoms with Crippen molar-refractivity contribution in [3.05, 3.63) is 41.5 Å². The first kappa shape index (κ1) is 10.2. The molecule has 17 heavy (non-hydrogen) atoms. The molecule has 0 fully saturated rings. The number of hydrogen-bond acceptors (Lipinski definition) is 1. The van der Waals surface area contributed by atoms with E-state index in [1.165, 1.54) is 21.9 Å². The Bertz CT molecular complexity index is 710. The van der Waals surface area contributed by atoms with Crippen LogP contribution in [-0.2, 0) is 0 Å². The third kappa shape index (κ3) is 1.34. The van der Waals surface area contributed by atoms with Gasteiger partial charge in [-0.05, 0) is 37.1 Å². The summed E-state index contributed by atoms with van der Waals surface area (Å²) in [6, 6.07) is 10.5. The molecule has 86 valence electrons. The quantitative estimate of drug-likeness (QED) is 0.666. The van der Waals surface area contributed by atoms with Gasteiger partial charge >= 0.3 is 0 Å². The largest absolute Gasteiger partial charge is 0.495 e. The van der Waals surface area contributed by atoms with E-state index in [1.807, 2.05) is 6.07 Å². The molecule has 2 aromatic carbocycles. The van der Waals surface area contributed by atoms with Gasteiger partial charge < -0.3 is 9.72 Å². The SMILES string of the molecule is COc1cc(C)c(C)c2c1[nH]c1ccccc12. The van der Waals surface area contributed by atoms with Gasteiger partial charge in [0.05, 0.1) is 12.6 Å². The average Bonchev–Trinajstić information content (AvgIpc) is 2.73. The molecule has 0 unspecified atom stereocenters. The van der Waals surface area contributed by atoms with Crippen molar-refractivity contribution in [3.63, 3.8) is 0 Å². The Kier molecular flexibility index (Phi) is 2.11. The summed E-state index contributed by atoms with van der Waals surface area (Å²) in [4.78, 5) is 3.44. The molecule has 0 saturated carbocycles. The molecule has 0 aliphatic heterocycles. The number of methoxy groups -OCH3 is 1. The van der Waals surface area contributed by atoms with Crippen molar-refractivity contribution >= 4 is 21.8 Å². The molecule has 0 saturated heterocycles. The van der Waals surface area contributed by atoms with Crippen molar-refractivity contribution in [1.82, 2.24) is 4.98 Å². The number of ether oxygens (including phenoxy) is 1. The second-order valence-corrected chi connectivity index (χ2v) is 4.44. The first-order chi connectivity index (χ1) is 8.22. The highest BCUT2D eigenvalue weighted by molar-refractivity contribution is 6.11. The fraction of sp³-hybridized carbons (Fsp3) is 0.200. The summed E-state index contributed by atoms with van der Waals surface area (Å²) in [5.41, 5.74) is 4.84. The van der Waals surface area contributed by atoms with E-state index in [0.717, 1.165) is 16.8 Å². The Labute approximate surface area is 100 Å². The van der Waals surface area contributed by atoms with Gasteiger partial charge in [-0.3, -0.25) is 0 Å². The predicted octanol–water partition coefficient (Wildman–Crippen LogP) is 3.95. The number of H-pyrrole nitrogens is 1. The Balaban J connectivity index is 2.60. The van der Waals surface area contributed by atoms with Gasteiger partial charge in [-0.1, -0.05) is 18.2 Å². The van der Waals surface area contributed by atoms with Crippen LogP contribution in [0, 0.1) is 13.8 Å². The number of rotatable bonds is 1. The Morgan fingerprint density at radius 2 is 1.88 bits per heavy atom. The number of aromatic nitrogens is 1. The Morgan fingerprint density at radius 1 is 1.12 bits per heavy atom. The lowest BCUT2D eigenvalue weighted by atomic mass is 10.0. The summed E-state index contributed by atoms with van der Waals surface area (Å²) in [6.45, 7) is 4.29. The molecular formula is C15H15NO. The third-order valence-electron chi connectivity index (χ3n) is 3.49. The van der Waals surface area contributed by atoms with Gasteiger partial charge in [0.15, 0.2) is 0 Å². The van der Waals surface area contributed by atoms with E-state index in [9.17, 15) is 0 Å². The molecule has 2 heteroatoms. The molecule has 0 spiro atoms. The minimum atomic E-state index is 0.916. The van der Waals surface area contributed by atoms with Crippen LogP contribution >= 0.6 is 0 Å². The van der Waals surface area contributed by atoms with Crippen LogP contribution in [0.15, 0.2) is 30.3 Å². The maximum absolute atomic E-state index is 5.46. The Hall–Kier alpha value is -1.96. The third-order valence-corrected chi connectivity index (χ3v) is 3.49. The lowest BCUT2D eigenvalue weighted by Crippen LogP contribution is -1.89. The van der Waals surface area contributed by atoms with Gasteiger partial charge in [-0.25, -0.2) is 0 Å². The fourth-order valence-corrected chi connectivity index (χ4v) is 2.45. The zero-order valence-electron chi connectivity index (χ0n) is 10.3. The topological polar surface area (TPSA) is 25.0 Å². The van der Waals surface area contributed by atoms with E-state index in [2.05, 4.69) is 43.1 Å². The van der Waals surface area contributed by atoms with E-state index < -0.39 is 0 Å². The van der Waals surface area contributed by atoms with Gasteiger partial charge in [0.1, 0.15) is 5.75 Å². The number of aromatic amines is 1. The first-order valence-corrected chi connectivity index (χ1v) is 5.77. The molecule has 0 amide bonds. The molecule has 1 heterocycles. The summed E-state index contributed by atoms with van der Waals surface area (Å²) >= 11 is 0. The van der Waals surface area contributed by atoms with E-state index in [1.54, 1.807) is 7.11 Å². The zero-order chi connectivity index (χ0) is 12.0. The maximum atomic E-state index is 5.46. The van der Waals surface area contributed by atoms with Crippen LogP contribution in [0.25, 0.3) is 21.8 Å². The monoisotopic (exact) mass is 225 g/mol. The van der Waals surface area contributed by atoms with Crippen LogP contribution in [0.1, 0.15) is 11.1 Å². The minimum absolute atomic E-state index is 0.916. The summed E-state index contributed by atoms with van der Waals surface area (Å²) in [7, 11) is 1.72. The summed E-state index contributed by atoms with van der Waals surface area (Å²) < 4.78 is 5.46. The van der Waals surface area contributed by atoms with Crippen LogP contribution in [-0.4, -0.2) is 12.1 Å². The van der Waals surface area contributed by atoms with Crippen molar-refractivity contribution in [1.29, 1.82) is 0 Å². The van der Waals surface area contributed by atoms with E-state index in [0.29, 0.717) is 0 Å². The number of para-hydroxylation sites is 1. The van der Waals surface area contributed by atoms with Crippen LogP contribution < -0.4 is 4.74 Å². The molecule has 3 rings (SSSR count). The van der Waals surface area contributed by atoms with Crippen molar-refractivity contribution < 1.29 is 4.74 Å².